The van der Waals surface area contributed by atoms with Gasteiger partial charge in [0.15, 0.2) is 0 Å². The molecule has 5 nitrogen and oxygen atoms in total. The fourth-order valence-corrected chi connectivity index (χ4v) is 3.02. The Bertz CT molecular complexity index is 845. The highest BCUT2D eigenvalue weighted by molar-refractivity contribution is 14.1. The van der Waals surface area contributed by atoms with E-state index in [4.69, 9.17) is 4.74 Å². The highest BCUT2D eigenvalue weighted by atomic mass is 127. The van der Waals surface area contributed by atoms with Gasteiger partial charge in [-0.25, -0.2) is 0 Å². The first-order valence-electron chi connectivity index (χ1n) is 7.84. The smallest absolute Gasteiger partial charge is 0.269 e. The Morgan fingerprint density at radius 2 is 1.84 bits per heavy atom. The summed E-state index contributed by atoms with van der Waals surface area (Å²) >= 11 is 2.12. The van der Waals surface area contributed by atoms with Crippen LogP contribution < -0.4 is 10.1 Å². The number of amides is 1. The minimum Gasteiger partial charge on any atom is -0.497 e. The van der Waals surface area contributed by atoms with Crippen LogP contribution in [0.1, 0.15) is 21.6 Å². The molecule has 2 aromatic carbocycles. The van der Waals surface area contributed by atoms with E-state index in [1.54, 1.807) is 17.9 Å². The number of benzene rings is 2. The predicted molar refractivity (Wildman–Crippen MR) is 105 cm³/mol. The molecule has 3 aromatic rings. The van der Waals surface area contributed by atoms with Crippen LogP contribution in [0.5, 0.6) is 5.75 Å². The molecule has 25 heavy (non-hydrogen) atoms. The van der Waals surface area contributed by atoms with Crippen LogP contribution in [0.4, 0.5) is 0 Å². The number of carbonyl (C=O) groups excluding carboxylic acids is 1. The van der Waals surface area contributed by atoms with Crippen molar-refractivity contribution in [3.05, 3.63) is 81.2 Å². The quantitative estimate of drug-likeness (QED) is 0.589. The maximum atomic E-state index is 12.5. The van der Waals surface area contributed by atoms with Crippen molar-refractivity contribution in [2.24, 2.45) is 0 Å². The topological polar surface area (TPSA) is 56.2 Å². The van der Waals surface area contributed by atoms with E-state index in [0.29, 0.717) is 18.8 Å². The molecule has 0 radical (unpaired) electrons. The Morgan fingerprint density at radius 3 is 2.52 bits per heavy atom. The zero-order chi connectivity index (χ0) is 17.6. The molecule has 0 aliphatic heterocycles. The first-order chi connectivity index (χ1) is 12.2. The van der Waals surface area contributed by atoms with Gasteiger partial charge in [0.05, 0.1) is 13.7 Å². The summed E-state index contributed by atoms with van der Waals surface area (Å²) in [4.78, 5) is 12.5. The second kappa shape index (κ2) is 8.15. The van der Waals surface area contributed by atoms with Gasteiger partial charge in [0.2, 0.25) is 0 Å². The molecule has 0 aliphatic carbocycles. The van der Waals surface area contributed by atoms with Gasteiger partial charge < -0.3 is 10.1 Å². The van der Waals surface area contributed by atoms with Crippen LogP contribution in [0.3, 0.4) is 0 Å². The van der Waals surface area contributed by atoms with Crippen LogP contribution in [0.2, 0.25) is 0 Å². The number of halogens is 1. The monoisotopic (exact) mass is 447 g/mol. The maximum Gasteiger partial charge on any atom is 0.269 e. The Kier molecular flexibility index (Phi) is 5.70. The largest absolute Gasteiger partial charge is 0.497 e. The maximum absolute atomic E-state index is 12.5. The zero-order valence-corrected chi connectivity index (χ0v) is 15.9. The molecule has 1 amide bonds. The summed E-state index contributed by atoms with van der Waals surface area (Å²) in [6.45, 7) is 1.02. The number of hydrogen-bond acceptors (Lipinski definition) is 3. The molecule has 0 unspecified atom stereocenters. The van der Waals surface area contributed by atoms with Gasteiger partial charge in [-0.3, -0.25) is 9.48 Å². The summed E-state index contributed by atoms with van der Waals surface area (Å²) in [6, 6.07) is 19.4. The van der Waals surface area contributed by atoms with Crippen molar-refractivity contribution in [1.29, 1.82) is 0 Å². The van der Waals surface area contributed by atoms with E-state index < -0.39 is 0 Å². The first-order valence-corrected chi connectivity index (χ1v) is 8.92. The van der Waals surface area contributed by atoms with Gasteiger partial charge in [-0.05, 0) is 45.9 Å². The summed E-state index contributed by atoms with van der Waals surface area (Å²) in [5.74, 6) is 0.674. The zero-order valence-electron chi connectivity index (χ0n) is 13.8. The van der Waals surface area contributed by atoms with Crippen LogP contribution in [0, 0.1) is 3.70 Å². The van der Waals surface area contributed by atoms with Crippen molar-refractivity contribution < 1.29 is 9.53 Å². The van der Waals surface area contributed by atoms with E-state index in [1.807, 2.05) is 54.6 Å². The van der Waals surface area contributed by atoms with E-state index in [9.17, 15) is 4.79 Å². The SMILES string of the molecule is COc1ccc(Cn2nc(I)cc2C(=O)NCc2ccccc2)cc1. The predicted octanol–water partition coefficient (Wildman–Crippen LogP) is 3.47. The van der Waals surface area contributed by atoms with Gasteiger partial charge in [0.25, 0.3) is 5.91 Å². The molecule has 0 saturated heterocycles. The normalized spacial score (nSPS) is 10.5. The molecule has 3 rings (SSSR count). The number of carbonyl (C=O) groups is 1. The third kappa shape index (κ3) is 4.60. The molecule has 1 heterocycles. The van der Waals surface area contributed by atoms with Crippen LogP contribution in [0.15, 0.2) is 60.7 Å². The number of aromatic nitrogens is 2. The van der Waals surface area contributed by atoms with Crippen molar-refractivity contribution in [2.45, 2.75) is 13.1 Å². The Hall–Kier alpha value is -2.35. The van der Waals surface area contributed by atoms with Crippen molar-refractivity contribution >= 4 is 28.5 Å². The lowest BCUT2D eigenvalue weighted by atomic mass is 10.2. The molecule has 0 fully saturated rings. The van der Waals surface area contributed by atoms with Crippen molar-refractivity contribution in [1.82, 2.24) is 15.1 Å². The average molecular weight is 447 g/mol. The third-order valence-corrected chi connectivity index (χ3v) is 4.30. The number of hydrogen-bond donors (Lipinski definition) is 1. The second-order valence-electron chi connectivity index (χ2n) is 5.53. The lowest BCUT2D eigenvalue weighted by Gasteiger charge is -2.09. The lowest BCUT2D eigenvalue weighted by Crippen LogP contribution is -2.26. The molecule has 0 spiro atoms. The van der Waals surface area contributed by atoms with E-state index in [0.717, 1.165) is 20.6 Å². The fraction of sp³-hybridized carbons (Fsp3) is 0.158. The van der Waals surface area contributed by atoms with Gasteiger partial charge in [0.1, 0.15) is 15.1 Å². The second-order valence-corrected chi connectivity index (χ2v) is 6.63. The van der Waals surface area contributed by atoms with E-state index in [2.05, 4.69) is 33.0 Å². The van der Waals surface area contributed by atoms with Crippen molar-refractivity contribution in [2.75, 3.05) is 7.11 Å². The highest BCUT2D eigenvalue weighted by Crippen LogP contribution is 2.14. The summed E-state index contributed by atoms with van der Waals surface area (Å²) in [5.41, 5.74) is 2.67. The van der Waals surface area contributed by atoms with Gasteiger partial charge in [-0.2, -0.15) is 5.10 Å². The van der Waals surface area contributed by atoms with E-state index in [1.165, 1.54) is 0 Å². The van der Waals surface area contributed by atoms with Crippen molar-refractivity contribution in [3.63, 3.8) is 0 Å². The van der Waals surface area contributed by atoms with Crippen LogP contribution in [-0.4, -0.2) is 22.8 Å². The van der Waals surface area contributed by atoms with Crippen LogP contribution >= 0.6 is 22.6 Å². The summed E-state index contributed by atoms with van der Waals surface area (Å²) < 4.78 is 7.69. The molecular formula is C19H18IN3O2. The minimum atomic E-state index is -0.132. The average Bonchev–Trinajstić information content (AvgIpc) is 3.01. The number of nitrogens with zero attached hydrogens (tertiary/aromatic N) is 2. The number of rotatable bonds is 6. The highest BCUT2D eigenvalue weighted by Gasteiger charge is 2.14. The molecular weight excluding hydrogens is 429 g/mol. The Labute approximate surface area is 160 Å². The molecule has 0 atom stereocenters. The minimum absolute atomic E-state index is 0.132. The molecule has 1 aromatic heterocycles. The van der Waals surface area contributed by atoms with Gasteiger partial charge in [0, 0.05) is 12.6 Å². The molecule has 0 saturated carbocycles. The number of nitrogens with one attached hydrogen (secondary N) is 1. The summed E-state index contributed by atoms with van der Waals surface area (Å²) in [6.07, 6.45) is 0. The molecule has 0 aliphatic rings. The fourth-order valence-electron chi connectivity index (χ4n) is 2.46. The first kappa shape index (κ1) is 17.5. The standard InChI is InChI=1S/C19H18IN3O2/c1-25-16-9-7-15(8-10-16)13-23-17(11-18(20)22-23)19(24)21-12-14-5-3-2-4-6-14/h2-11H,12-13H2,1H3,(H,21,24). The Morgan fingerprint density at radius 1 is 1.12 bits per heavy atom. The van der Waals surface area contributed by atoms with Gasteiger partial charge in [-0.1, -0.05) is 42.5 Å². The summed E-state index contributed by atoms with van der Waals surface area (Å²) in [5, 5.41) is 7.39. The third-order valence-electron chi connectivity index (χ3n) is 3.77. The number of methoxy groups -OCH3 is 1. The van der Waals surface area contributed by atoms with Crippen molar-refractivity contribution in [3.8, 4) is 5.75 Å². The van der Waals surface area contributed by atoms with Gasteiger partial charge in [-0.15, -0.1) is 0 Å². The Balaban J connectivity index is 1.72. The molecule has 6 heteroatoms. The van der Waals surface area contributed by atoms with Gasteiger partial charge >= 0.3 is 0 Å². The van der Waals surface area contributed by atoms with Crippen LogP contribution in [0.25, 0.3) is 0 Å². The van der Waals surface area contributed by atoms with E-state index >= 15 is 0 Å². The molecule has 0 bridgehead atoms. The van der Waals surface area contributed by atoms with E-state index in [-0.39, 0.29) is 5.91 Å². The number of ether oxygens (including phenoxy) is 1. The molecule has 1 N–H and O–H groups in total. The van der Waals surface area contributed by atoms with Crippen LogP contribution in [-0.2, 0) is 13.1 Å². The lowest BCUT2D eigenvalue weighted by molar-refractivity contribution is 0.0940. The summed E-state index contributed by atoms with van der Waals surface area (Å²) in [7, 11) is 1.64. The molecule has 128 valence electrons.